The zero-order chi connectivity index (χ0) is 25.2. The first-order valence-electron chi connectivity index (χ1n) is 11.2. The van der Waals surface area contributed by atoms with Gasteiger partial charge < -0.3 is 24.1 Å². The Labute approximate surface area is 206 Å². The highest BCUT2D eigenvalue weighted by Crippen LogP contribution is 2.37. The van der Waals surface area contributed by atoms with Crippen molar-refractivity contribution in [2.45, 2.75) is 0 Å². The minimum absolute atomic E-state index is 0.148. The number of nitrogens with one attached hydrogen (secondary N) is 1. The predicted molar refractivity (Wildman–Crippen MR) is 139 cm³/mol. The van der Waals surface area contributed by atoms with Gasteiger partial charge in [-0.15, -0.1) is 0 Å². The second kappa shape index (κ2) is 9.42. The Morgan fingerprint density at radius 1 is 0.889 bits per heavy atom. The molecule has 0 aliphatic carbocycles. The smallest absolute Gasteiger partial charge is 0.256 e. The number of anilines is 1. The molecule has 36 heavy (non-hydrogen) atoms. The number of rotatable bonds is 6. The van der Waals surface area contributed by atoms with Gasteiger partial charge in [0, 0.05) is 42.5 Å². The number of pyridine rings is 2. The molecule has 1 amide bonds. The lowest BCUT2D eigenvalue weighted by Gasteiger charge is -2.13. The number of hydrogen-bond donors (Lipinski definition) is 1. The number of amides is 1. The molecule has 1 N–H and O–H groups in total. The molecule has 0 saturated carbocycles. The summed E-state index contributed by atoms with van der Waals surface area (Å²) in [5, 5.41) is 5.25. The second-order valence-electron chi connectivity index (χ2n) is 8.15. The predicted octanol–water partition coefficient (Wildman–Crippen LogP) is 5.15. The van der Waals surface area contributed by atoms with Crippen LogP contribution in [0.25, 0.3) is 21.7 Å². The molecule has 8 heteroatoms. The van der Waals surface area contributed by atoms with Crippen molar-refractivity contribution < 1.29 is 19.0 Å². The summed E-state index contributed by atoms with van der Waals surface area (Å²) >= 11 is 0. The van der Waals surface area contributed by atoms with Gasteiger partial charge in [-0.25, -0.2) is 0 Å². The average molecular weight is 482 g/mol. The van der Waals surface area contributed by atoms with Crippen molar-refractivity contribution in [1.29, 1.82) is 0 Å². The molecule has 2 heterocycles. The summed E-state index contributed by atoms with van der Waals surface area (Å²) in [6.07, 6.45) is 3.26. The van der Waals surface area contributed by atoms with Crippen molar-refractivity contribution in [2.75, 3.05) is 19.5 Å². The van der Waals surface area contributed by atoms with Gasteiger partial charge in [0.25, 0.3) is 5.91 Å². The minimum atomic E-state index is -0.269. The first-order valence-corrected chi connectivity index (χ1v) is 11.2. The molecule has 0 saturated heterocycles. The fourth-order valence-electron chi connectivity index (χ4n) is 4.05. The Kier molecular flexibility index (Phi) is 6.00. The van der Waals surface area contributed by atoms with E-state index in [2.05, 4.69) is 10.3 Å². The summed E-state index contributed by atoms with van der Waals surface area (Å²) in [6.45, 7) is 0. The van der Waals surface area contributed by atoms with Crippen LogP contribution in [0.3, 0.4) is 0 Å². The van der Waals surface area contributed by atoms with Crippen molar-refractivity contribution in [3.63, 3.8) is 0 Å². The van der Waals surface area contributed by atoms with Crippen LogP contribution in [0.15, 0.2) is 83.9 Å². The van der Waals surface area contributed by atoms with Gasteiger partial charge in [0.15, 0.2) is 11.5 Å². The van der Waals surface area contributed by atoms with E-state index in [4.69, 9.17) is 14.2 Å². The number of benzene rings is 3. The van der Waals surface area contributed by atoms with Gasteiger partial charge in [-0.1, -0.05) is 12.1 Å². The number of nitrogens with zero attached hydrogens (tertiary/aromatic N) is 2. The van der Waals surface area contributed by atoms with Gasteiger partial charge in [-0.2, -0.15) is 0 Å². The highest BCUT2D eigenvalue weighted by molar-refractivity contribution is 6.13. The molecule has 8 nitrogen and oxygen atoms in total. The van der Waals surface area contributed by atoms with E-state index >= 15 is 0 Å². The van der Waals surface area contributed by atoms with E-state index in [0.717, 1.165) is 16.2 Å². The number of aryl methyl sites for hydroxylation is 1. The molecule has 0 aliphatic rings. The van der Waals surface area contributed by atoms with E-state index < -0.39 is 0 Å². The number of carbonyl (C=O) groups excluding carboxylic acids is 1. The summed E-state index contributed by atoms with van der Waals surface area (Å²) in [7, 11) is 4.79. The van der Waals surface area contributed by atoms with Crippen LogP contribution in [-0.4, -0.2) is 29.7 Å². The van der Waals surface area contributed by atoms with Crippen LogP contribution < -0.4 is 25.1 Å². The molecule has 0 spiro atoms. The summed E-state index contributed by atoms with van der Waals surface area (Å²) in [6, 6.07) is 19.5. The maximum absolute atomic E-state index is 13.0. The number of fused-ring (bicyclic) bond motifs is 2. The third-order valence-corrected chi connectivity index (χ3v) is 5.87. The largest absolute Gasteiger partial charge is 0.493 e. The van der Waals surface area contributed by atoms with E-state index in [1.165, 1.54) is 10.6 Å². The lowest BCUT2D eigenvalue weighted by Crippen LogP contribution is -2.18. The van der Waals surface area contributed by atoms with Crippen molar-refractivity contribution in [3.8, 4) is 23.0 Å². The van der Waals surface area contributed by atoms with Gasteiger partial charge in [0.2, 0.25) is 5.56 Å². The van der Waals surface area contributed by atoms with Crippen molar-refractivity contribution in [2.24, 2.45) is 7.05 Å². The first kappa shape index (κ1) is 22.9. The Balaban J connectivity index is 1.46. The van der Waals surface area contributed by atoms with Crippen molar-refractivity contribution >= 4 is 33.3 Å². The van der Waals surface area contributed by atoms with Crippen LogP contribution in [0, 0.1) is 0 Å². The zero-order valence-electron chi connectivity index (χ0n) is 19.9. The SMILES string of the molecule is COc1cc2nccc(Oc3ccc4c(C(=O)Nc5ccc(=O)n(C)c5)cccc4c3)c2cc1OC. The number of hydrogen-bond acceptors (Lipinski definition) is 6. The van der Waals surface area contributed by atoms with Gasteiger partial charge in [0.1, 0.15) is 11.5 Å². The Morgan fingerprint density at radius 2 is 1.69 bits per heavy atom. The molecule has 0 radical (unpaired) electrons. The molecule has 180 valence electrons. The van der Waals surface area contributed by atoms with Crippen LogP contribution >= 0.6 is 0 Å². The fourth-order valence-corrected chi connectivity index (χ4v) is 4.05. The third-order valence-electron chi connectivity index (χ3n) is 5.87. The summed E-state index contributed by atoms with van der Waals surface area (Å²) in [4.78, 5) is 29.0. The molecule has 0 bridgehead atoms. The molecule has 0 atom stereocenters. The monoisotopic (exact) mass is 481 g/mol. The Bertz CT molecular complexity index is 1680. The molecular formula is C28H23N3O5. The van der Waals surface area contributed by atoms with Crippen LogP contribution in [-0.2, 0) is 7.05 Å². The Morgan fingerprint density at radius 3 is 2.47 bits per heavy atom. The van der Waals surface area contributed by atoms with Crippen LogP contribution in [0.1, 0.15) is 10.4 Å². The number of aromatic nitrogens is 2. The van der Waals surface area contributed by atoms with Gasteiger partial charge >= 0.3 is 0 Å². The molecule has 5 rings (SSSR count). The highest BCUT2D eigenvalue weighted by atomic mass is 16.5. The molecule has 2 aromatic heterocycles. The highest BCUT2D eigenvalue weighted by Gasteiger charge is 2.14. The first-order chi connectivity index (χ1) is 17.5. The van der Waals surface area contributed by atoms with Gasteiger partial charge in [0.05, 0.1) is 25.4 Å². The quantitative estimate of drug-likeness (QED) is 0.361. The number of carbonyl (C=O) groups is 1. The molecule has 0 aliphatic heterocycles. The Hall–Kier alpha value is -4.85. The standard InChI is InChI=1S/C28H23N3O5/c1-31-16-18(7-10-27(31)32)30-28(33)21-6-4-5-17-13-19(8-9-20(17)21)36-24-11-12-29-23-15-26(35-3)25(34-2)14-22(23)24/h4-16H,1-3H3,(H,30,33). The van der Waals surface area contributed by atoms with Gasteiger partial charge in [-0.05, 0) is 53.2 Å². The van der Waals surface area contributed by atoms with Crippen LogP contribution in [0.4, 0.5) is 5.69 Å². The van der Waals surface area contributed by atoms with E-state index in [1.807, 2.05) is 36.4 Å². The van der Waals surface area contributed by atoms with Crippen molar-refractivity contribution in [1.82, 2.24) is 9.55 Å². The van der Waals surface area contributed by atoms with Crippen LogP contribution in [0.2, 0.25) is 0 Å². The van der Waals surface area contributed by atoms with E-state index in [9.17, 15) is 9.59 Å². The molecular weight excluding hydrogens is 458 g/mol. The number of ether oxygens (including phenoxy) is 3. The van der Waals surface area contributed by atoms with E-state index in [1.54, 1.807) is 57.9 Å². The van der Waals surface area contributed by atoms with E-state index in [0.29, 0.717) is 39.8 Å². The lowest BCUT2D eigenvalue weighted by molar-refractivity contribution is 0.102. The molecule has 0 unspecified atom stereocenters. The van der Waals surface area contributed by atoms with Gasteiger partial charge in [-0.3, -0.25) is 14.6 Å². The number of methoxy groups -OCH3 is 2. The fraction of sp³-hybridized carbons (Fsp3) is 0.107. The van der Waals surface area contributed by atoms with Crippen LogP contribution in [0.5, 0.6) is 23.0 Å². The van der Waals surface area contributed by atoms with Crippen molar-refractivity contribution in [3.05, 3.63) is 95.0 Å². The summed E-state index contributed by atoms with van der Waals surface area (Å²) in [5.41, 5.74) is 1.61. The second-order valence-corrected chi connectivity index (χ2v) is 8.15. The molecule has 0 fully saturated rings. The normalized spacial score (nSPS) is 10.9. The summed E-state index contributed by atoms with van der Waals surface area (Å²) < 4.78 is 18.4. The zero-order valence-corrected chi connectivity index (χ0v) is 19.9. The summed E-state index contributed by atoms with van der Waals surface area (Å²) in [5.74, 6) is 2.12. The molecule has 3 aromatic carbocycles. The maximum atomic E-state index is 13.0. The lowest BCUT2D eigenvalue weighted by atomic mass is 10.0. The average Bonchev–Trinajstić information content (AvgIpc) is 2.89. The topological polar surface area (TPSA) is 91.7 Å². The third kappa shape index (κ3) is 4.32. The van der Waals surface area contributed by atoms with E-state index in [-0.39, 0.29) is 11.5 Å². The minimum Gasteiger partial charge on any atom is -0.493 e. The molecule has 5 aromatic rings. The maximum Gasteiger partial charge on any atom is 0.256 e.